The third-order valence-corrected chi connectivity index (χ3v) is 7.22. The molecule has 1 aliphatic rings. The number of H-pyrrole nitrogens is 1. The molecule has 31 heavy (non-hydrogen) atoms. The lowest BCUT2D eigenvalue weighted by Gasteiger charge is -2.16. The van der Waals surface area contributed by atoms with E-state index >= 15 is 0 Å². The van der Waals surface area contributed by atoms with Crippen LogP contribution in [0, 0.1) is 0 Å². The van der Waals surface area contributed by atoms with Crippen molar-refractivity contribution in [2.24, 2.45) is 0 Å². The highest BCUT2D eigenvalue weighted by Crippen LogP contribution is 2.34. The molecular weight excluding hydrogens is 426 g/mol. The number of aryl methyl sites for hydroxylation is 2. The molecule has 1 aliphatic carbocycles. The summed E-state index contributed by atoms with van der Waals surface area (Å²) < 4.78 is 0. The Kier molecular flexibility index (Phi) is 5.61. The monoisotopic (exact) mass is 447 g/mol. The number of thioether (sulfide) groups is 1. The minimum Gasteiger partial charge on any atom is -0.325 e. The second-order valence-corrected chi connectivity index (χ2v) is 9.42. The Balaban J connectivity index is 1.36. The number of thiophene rings is 1. The van der Waals surface area contributed by atoms with Crippen LogP contribution in [0.1, 0.15) is 24.0 Å². The van der Waals surface area contributed by atoms with Crippen molar-refractivity contribution in [2.45, 2.75) is 30.8 Å². The Labute approximate surface area is 187 Å². The molecule has 2 heterocycles. The average molecular weight is 448 g/mol. The number of nitrogens with one attached hydrogen (secondary N) is 2. The fourth-order valence-electron chi connectivity index (χ4n) is 3.96. The summed E-state index contributed by atoms with van der Waals surface area (Å²) in [5.41, 5.74) is 5.41. The summed E-state index contributed by atoms with van der Waals surface area (Å²) in [5, 5.41) is 5.93. The Morgan fingerprint density at radius 1 is 1.10 bits per heavy atom. The molecule has 0 fully saturated rings. The Morgan fingerprint density at radius 2 is 1.90 bits per heavy atom. The quantitative estimate of drug-likeness (QED) is 0.323. The molecule has 1 amide bonds. The molecule has 0 bridgehead atoms. The van der Waals surface area contributed by atoms with Gasteiger partial charge in [-0.05, 0) is 54.5 Å². The highest BCUT2D eigenvalue weighted by atomic mass is 32.2. The summed E-state index contributed by atoms with van der Waals surface area (Å²) in [6.45, 7) is 0. The summed E-state index contributed by atoms with van der Waals surface area (Å²) in [6.07, 6.45) is 4.72. The Bertz CT molecular complexity index is 1310. The number of nitrogens with zero attached hydrogens (tertiary/aromatic N) is 1. The van der Waals surface area contributed by atoms with Gasteiger partial charge in [-0.2, -0.15) is 0 Å². The third kappa shape index (κ3) is 4.29. The van der Waals surface area contributed by atoms with Crippen molar-refractivity contribution in [3.8, 4) is 11.1 Å². The molecule has 5 rings (SSSR count). The molecule has 0 saturated carbocycles. The largest absolute Gasteiger partial charge is 0.325 e. The summed E-state index contributed by atoms with van der Waals surface area (Å²) in [7, 11) is 0. The van der Waals surface area contributed by atoms with Crippen LogP contribution in [0.5, 0.6) is 0 Å². The van der Waals surface area contributed by atoms with Crippen LogP contribution < -0.4 is 10.9 Å². The van der Waals surface area contributed by atoms with Crippen LogP contribution in [0.15, 0.2) is 63.9 Å². The van der Waals surface area contributed by atoms with Gasteiger partial charge >= 0.3 is 0 Å². The van der Waals surface area contributed by atoms with Crippen LogP contribution >= 0.6 is 23.1 Å². The topological polar surface area (TPSA) is 74.8 Å². The molecule has 0 atom stereocenters. The van der Waals surface area contributed by atoms with E-state index < -0.39 is 0 Å². The number of rotatable bonds is 5. The molecule has 0 spiro atoms. The van der Waals surface area contributed by atoms with Crippen molar-refractivity contribution < 1.29 is 4.79 Å². The third-order valence-electron chi connectivity index (χ3n) is 5.48. The molecule has 7 heteroatoms. The van der Waals surface area contributed by atoms with Gasteiger partial charge in [-0.3, -0.25) is 9.59 Å². The van der Waals surface area contributed by atoms with Crippen molar-refractivity contribution in [1.82, 2.24) is 9.97 Å². The van der Waals surface area contributed by atoms with Crippen LogP contribution in [-0.4, -0.2) is 21.6 Å². The van der Waals surface area contributed by atoms with Crippen LogP contribution in [0.2, 0.25) is 0 Å². The van der Waals surface area contributed by atoms with E-state index in [1.807, 2.05) is 35.7 Å². The lowest BCUT2D eigenvalue weighted by Crippen LogP contribution is -2.15. The number of carbonyl (C=O) groups is 1. The molecule has 2 aromatic carbocycles. The Hall–Kier alpha value is -2.90. The van der Waals surface area contributed by atoms with Gasteiger partial charge in [0.05, 0.1) is 11.1 Å². The number of carbonyl (C=O) groups excluding carboxylic acids is 1. The predicted molar refractivity (Wildman–Crippen MR) is 128 cm³/mol. The van der Waals surface area contributed by atoms with E-state index in [0.717, 1.165) is 29.7 Å². The van der Waals surface area contributed by atoms with E-state index in [0.29, 0.717) is 15.4 Å². The van der Waals surface area contributed by atoms with E-state index in [-0.39, 0.29) is 17.2 Å². The van der Waals surface area contributed by atoms with Gasteiger partial charge in [-0.15, -0.1) is 11.3 Å². The minimum absolute atomic E-state index is 0.139. The van der Waals surface area contributed by atoms with Crippen molar-refractivity contribution in [2.75, 3.05) is 11.1 Å². The van der Waals surface area contributed by atoms with Gasteiger partial charge < -0.3 is 10.3 Å². The zero-order valence-corrected chi connectivity index (χ0v) is 18.4. The second kappa shape index (κ2) is 8.69. The van der Waals surface area contributed by atoms with Crippen molar-refractivity contribution in [3.05, 3.63) is 75.4 Å². The first-order valence-electron chi connectivity index (χ1n) is 10.3. The van der Waals surface area contributed by atoms with Crippen LogP contribution in [0.4, 0.5) is 5.69 Å². The maximum Gasteiger partial charge on any atom is 0.260 e. The van der Waals surface area contributed by atoms with Gasteiger partial charge in [0.2, 0.25) is 5.91 Å². The average Bonchev–Trinajstić information content (AvgIpc) is 3.23. The molecule has 0 radical (unpaired) electrons. The minimum atomic E-state index is -0.162. The standard InChI is InChI=1S/C24H21N3O2S2/c28-20(25-18-8-2-1-3-9-18)14-31-24-26-22(29)21-19(13-30-23(21)27-24)17-11-10-15-6-4-5-7-16(15)12-17/h1-3,8-13H,4-7,14H2,(H,25,28)(H,26,27,29). The highest BCUT2D eigenvalue weighted by molar-refractivity contribution is 7.99. The smallest absolute Gasteiger partial charge is 0.260 e. The van der Waals surface area contributed by atoms with E-state index in [1.165, 1.54) is 47.1 Å². The van der Waals surface area contributed by atoms with E-state index in [9.17, 15) is 9.59 Å². The molecule has 5 nitrogen and oxygen atoms in total. The van der Waals surface area contributed by atoms with Gasteiger partial charge in [0, 0.05) is 16.6 Å². The Morgan fingerprint density at radius 3 is 2.74 bits per heavy atom. The fourth-order valence-corrected chi connectivity index (χ4v) is 5.63. The molecule has 2 N–H and O–H groups in total. The number of hydrogen-bond donors (Lipinski definition) is 2. The first-order chi connectivity index (χ1) is 15.2. The number of amides is 1. The lowest BCUT2D eigenvalue weighted by atomic mass is 9.89. The normalized spacial score (nSPS) is 13.2. The first-order valence-corrected chi connectivity index (χ1v) is 12.2. The zero-order valence-electron chi connectivity index (χ0n) is 16.8. The summed E-state index contributed by atoms with van der Waals surface area (Å²) >= 11 is 2.69. The van der Waals surface area contributed by atoms with Crippen molar-refractivity contribution in [3.63, 3.8) is 0 Å². The predicted octanol–water partition coefficient (Wildman–Crippen LogP) is 5.26. The zero-order chi connectivity index (χ0) is 21.2. The number of fused-ring (bicyclic) bond motifs is 2. The fraction of sp³-hybridized carbons (Fsp3) is 0.208. The number of benzene rings is 2. The summed E-state index contributed by atoms with van der Waals surface area (Å²) in [5.74, 6) is 0.0340. The second-order valence-electron chi connectivity index (χ2n) is 7.59. The van der Waals surface area contributed by atoms with E-state index in [2.05, 4.69) is 33.5 Å². The number of hydrogen-bond acceptors (Lipinski definition) is 5. The molecular formula is C24H21N3O2S2. The lowest BCUT2D eigenvalue weighted by molar-refractivity contribution is -0.113. The molecule has 156 valence electrons. The molecule has 0 unspecified atom stereocenters. The molecule has 2 aromatic heterocycles. The van der Waals surface area contributed by atoms with Gasteiger partial charge in [0.1, 0.15) is 4.83 Å². The maximum absolute atomic E-state index is 12.9. The summed E-state index contributed by atoms with van der Waals surface area (Å²) in [6, 6.07) is 15.8. The summed E-state index contributed by atoms with van der Waals surface area (Å²) in [4.78, 5) is 33.2. The van der Waals surface area contributed by atoms with Gasteiger partial charge in [0.15, 0.2) is 5.16 Å². The molecule has 0 aliphatic heterocycles. The number of aromatic amines is 1. The van der Waals surface area contributed by atoms with Gasteiger partial charge in [-0.1, -0.05) is 48.2 Å². The number of para-hydroxylation sites is 1. The number of aromatic nitrogens is 2. The molecule has 4 aromatic rings. The number of anilines is 1. The van der Waals surface area contributed by atoms with Crippen molar-refractivity contribution in [1.29, 1.82) is 0 Å². The maximum atomic E-state index is 12.9. The molecule has 0 saturated heterocycles. The van der Waals surface area contributed by atoms with Crippen molar-refractivity contribution >= 4 is 44.9 Å². The van der Waals surface area contributed by atoms with E-state index in [1.54, 1.807) is 0 Å². The van der Waals surface area contributed by atoms with Crippen LogP contribution in [-0.2, 0) is 17.6 Å². The highest BCUT2D eigenvalue weighted by Gasteiger charge is 2.16. The first kappa shape index (κ1) is 20.0. The van der Waals surface area contributed by atoms with Crippen LogP contribution in [0.3, 0.4) is 0 Å². The van der Waals surface area contributed by atoms with Gasteiger partial charge in [-0.25, -0.2) is 4.98 Å². The van der Waals surface area contributed by atoms with E-state index in [4.69, 9.17) is 0 Å². The SMILES string of the molecule is O=C(CSc1nc2scc(-c3ccc4c(c3)CCCC4)c2c(=O)[nH]1)Nc1ccccc1. The van der Waals surface area contributed by atoms with Crippen LogP contribution in [0.25, 0.3) is 21.3 Å². The van der Waals surface area contributed by atoms with Gasteiger partial charge in [0.25, 0.3) is 5.56 Å².